The zero-order chi connectivity index (χ0) is 8.85. The Balaban J connectivity index is 3.92. The highest BCUT2D eigenvalue weighted by Crippen LogP contribution is 1.98. The molecule has 0 bridgehead atoms. The van der Waals surface area contributed by atoms with Crippen molar-refractivity contribution in [2.24, 2.45) is 5.90 Å². The van der Waals surface area contributed by atoms with E-state index >= 15 is 0 Å². The SMILES string of the molecule is NON(C(O)CO)C(O)CO. The summed E-state index contributed by atoms with van der Waals surface area (Å²) in [5.74, 6) is 4.61. The van der Waals surface area contributed by atoms with Gasteiger partial charge in [-0.15, -0.1) is 5.06 Å². The van der Waals surface area contributed by atoms with Crippen LogP contribution in [-0.2, 0) is 4.94 Å². The second kappa shape index (κ2) is 5.38. The molecular formula is C4H12N2O5. The Labute approximate surface area is 63.1 Å². The van der Waals surface area contributed by atoms with E-state index in [1.807, 2.05) is 0 Å². The molecule has 6 N–H and O–H groups in total. The molecule has 0 heterocycles. The van der Waals surface area contributed by atoms with Gasteiger partial charge in [0.1, 0.15) is 0 Å². The standard InChI is InChI=1S/C4H12N2O5/c5-11-6(3(9)1-7)4(10)2-8/h3-4,7-10H,1-2,5H2. The highest BCUT2D eigenvalue weighted by molar-refractivity contribution is 4.53. The number of aliphatic hydroxyl groups is 4. The summed E-state index contributed by atoms with van der Waals surface area (Å²) in [6.07, 6.45) is -2.91. The predicted molar refractivity (Wildman–Crippen MR) is 33.3 cm³/mol. The number of nitrogens with zero attached hydrogens (tertiary/aromatic N) is 1. The summed E-state index contributed by atoms with van der Waals surface area (Å²) in [5, 5.41) is 34.8. The number of rotatable bonds is 5. The maximum Gasteiger partial charge on any atom is 0.157 e. The molecule has 0 aliphatic heterocycles. The molecule has 11 heavy (non-hydrogen) atoms. The molecule has 7 nitrogen and oxygen atoms in total. The smallest absolute Gasteiger partial charge is 0.157 e. The normalized spacial score (nSPS) is 16.9. The number of hydrogen-bond donors (Lipinski definition) is 5. The molecule has 0 fully saturated rings. The summed E-state index contributed by atoms with van der Waals surface area (Å²) in [6, 6.07) is 0. The summed E-state index contributed by atoms with van der Waals surface area (Å²) in [5.41, 5.74) is 0. The van der Waals surface area contributed by atoms with Crippen molar-refractivity contribution in [3.63, 3.8) is 0 Å². The molecule has 0 rings (SSSR count). The van der Waals surface area contributed by atoms with E-state index in [1.54, 1.807) is 0 Å². The van der Waals surface area contributed by atoms with Crippen LogP contribution in [0.2, 0.25) is 0 Å². The Morgan fingerprint density at radius 3 is 1.73 bits per heavy atom. The van der Waals surface area contributed by atoms with Gasteiger partial charge in [0, 0.05) is 0 Å². The molecule has 0 saturated carbocycles. The van der Waals surface area contributed by atoms with E-state index in [9.17, 15) is 0 Å². The highest BCUT2D eigenvalue weighted by atomic mass is 16.8. The topological polar surface area (TPSA) is 119 Å². The van der Waals surface area contributed by atoms with Gasteiger partial charge < -0.3 is 20.4 Å². The average molecular weight is 168 g/mol. The minimum Gasteiger partial charge on any atom is -0.392 e. The Hall–Kier alpha value is -0.280. The minimum atomic E-state index is -1.46. The van der Waals surface area contributed by atoms with E-state index in [0.717, 1.165) is 0 Å². The Morgan fingerprint density at radius 1 is 1.18 bits per heavy atom. The maximum absolute atomic E-state index is 8.82. The van der Waals surface area contributed by atoms with Gasteiger partial charge in [0.2, 0.25) is 0 Å². The van der Waals surface area contributed by atoms with Crippen molar-refractivity contribution in [1.29, 1.82) is 0 Å². The van der Waals surface area contributed by atoms with Crippen molar-refractivity contribution in [2.75, 3.05) is 13.2 Å². The first-order chi connectivity index (χ1) is 5.17. The number of hydrogen-bond acceptors (Lipinski definition) is 7. The van der Waals surface area contributed by atoms with Gasteiger partial charge in [0.05, 0.1) is 13.2 Å². The lowest BCUT2D eigenvalue weighted by atomic mass is 10.5. The summed E-state index contributed by atoms with van der Waals surface area (Å²) in [6.45, 7) is -1.32. The molecule has 0 aromatic rings. The molecule has 0 amide bonds. The van der Waals surface area contributed by atoms with Gasteiger partial charge in [0.25, 0.3) is 0 Å². The summed E-state index contributed by atoms with van der Waals surface area (Å²) in [7, 11) is 0. The van der Waals surface area contributed by atoms with Crippen molar-refractivity contribution in [1.82, 2.24) is 5.06 Å². The average Bonchev–Trinajstić information content (AvgIpc) is 2.05. The maximum atomic E-state index is 8.82. The number of aliphatic hydroxyl groups excluding tert-OH is 4. The first kappa shape index (κ1) is 10.7. The van der Waals surface area contributed by atoms with E-state index in [4.69, 9.17) is 20.4 Å². The summed E-state index contributed by atoms with van der Waals surface area (Å²) < 4.78 is 0. The van der Waals surface area contributed by atoms with E-state index in [-0.39, 0.29) is 0 Å². The van der Waals surface area contributed by atoms with Gasteiger partial charge >= 0.3 is 0 Å². The molecule has 7 heteroatoms. The van der Waals surface area contributed by atoms with Gasteiger partial charge in [0.15, 0.2) is 12.5 Å². The van der Waals surface area contributed by atoms with Crippen LogP contribution in [0, 0.1) is 0 Å². The van der Waals surface area contributed by atoms with E-state index in [2.05, 4.69) is 10.8 Å². The summed E-state index contributed by atoms with van der Waals surface area (Å²) in [4.78, 5) is 3.97. The lowest BCUT2D eigenvalue weighted by molar-refractivity contribution is -0.315. The fraction of sp³-hybridized carbons (Fsp3) is 1.00. The summed E-state index contributed by atoms with van der Waals surface area (Å²) >= 11 is 0. The van der Waals surface area contributed by atoms with Crippen LogP contribution < -0.4 is 5.90 Å². The van der Waals surface area contributed by atoms with Crippen LogP contribution in [0.4, 0.5) is 0 Å². The predicted octanol–water partition coefficient (Wildman–Crippen LogP) is -3.28. The lowest BCUT2D eigenvalue weighted by Gasteiger charge is -2.25. The molecular weight excluding hydrogens is 156 g/mol. The van der Waals surface area contributed by atoms with Gasteiger partial charge in [-0.05, 0) is 0 Å². The fourth-order valence-electron chi connectivity index (χ4n) is 0.500. The molecule has 2 unspecified atom stereocenters. The molecule has 0 radical (unpaired) electrons. The van der Waals surface area contributed by atoms with E-state index in [0.29, 0.717) is 5.06 Å². The van der Waals surface area contributed by atoms with Crippen LogP contribution in [-0.4, -0.2) is 51.2 Å². The van der Waals surface area contributed by atoms with Crippen molar-refractivity contribution >= 4 is 0 Å². The lowest BCUT2D eigenvalue weighted by Crippen LogP contribution is -2.48. The monoisotopic (exact) mass is 168 g/mol. The van der Waals surface area contributed by atoms with E-state index in [1.165, 1.54) is 0 Å². The molecule has 0 aromatic carbocycles. The number of hydroxylamine groups is 2. The molecule has 2 atom stereocenters. The van der Waals surface area contributed by atoms with Gasteiger partial charge in [-0.1, -0.05) is 0 Å². The molecule has 0 aliphatic carbocycles. The Morgan fingerprint density at radius 2 is 1.55 bits per heavy atom. The third kappa shape index (κ3) is 3.08. The fourth-order valence-corrected chi connectivity index (χ4v) is 0.500. The third-order valence-corrected chi connectivity index (χ3v) is 1.04. The van der Waals surface area contributed by atoms with E-state index < -0.39 is 25.7 Å². The molecule has 68 valence electrons. The van der Waals surface area contributed by atoms with Crippen LogP contribution in [0.3, 0.4) is 0 Å². The molecule has 0 aliphatic rings. The second-order valence-corrected chi connectivity index (χ2v) is 1.79. The first-order valence-electron chi connectivity index (χ1n) is 2.90. The van der Waals surface area contributed by atoms with Crippen LogP contribution in [0.1, 0.15) is 0 Å². The third-order valence-electron chi connectivity index (χ3n) is 1.04. The minimum absolute atomic E-state index is 0.458. The van der Waals surface area contributed by atoms with Crippen LogP contribution >= 0.6 is 0 Å². The van der Waals surface area contributed by atoms with Crippen molar-refractivity contribution < 1.29 is 25.4 Å². The highest BCUT2D eigenvalue weighted by Gasteiger charge is 2.22. The largest absolute Gasteiger partial charge is 0.392 e. The van der Waals surface area contributed by atoms with Gasteiger partial charge in [-0.3, -0.25) is 0 Å². The Bertz CT molecular complexity index is 92.5. The molecule has 0 saturated heterocycles. The quantitative estimate of drug-likeness (QED) is 0.215. The van der Waals surface area contributed by atoms with Gasteiger partial charge in [-0.2, -0.15) is 5.90 Å². The van der Waals surface area contributed by atoms with Crippen molar-refractivity contribution in [3.8, 4) is 0 Å². The zero-order valence-electron chi connectivity index (χ0n) is 5.79. The zero-order valence-corrected chi connectivity index (χ0v) is 5.79. The van der Waals surface area contributed by atoms with Crippen molar-refractivity contribution in [3.05, 3.63) is 0 Å². The second-order valence-electron chi connectivity index (χ2n) is 1.79. The number of nitrogens with two attached hydrogens (primary N) is 1. The van der Waals surface area contributed by atoms with Crippen LogP contribution in [0.15, 0.2) is 0 Å². The van der Waals surface area contributed by atoms with Crippen molar-refractivity contribution in [2.45, 2.75) is 12.5 Å². The molecule has 0 spiro atoms. The van der Waals surface area contributed by atoms with Gasteiger partial charge in [-0.25, -0.2) is 4.94 Å². The first-order valence-corrected chi connectivity index (χ1v) is 2.90. The van der Waals surface area contributed by atoms with Crippen LogP contribution in [0.25, 0.3) is 0 Å². The molecule has 0 aromatic heterocycles. The Kier molecular flexibility index (Phi) is 5.24. The van der Waals surface area contributed by atoms with Crippen LogP contribution in [0.5, 0.6) is 0 Å².